The van der Waals surface area contributed by atoms with Gasteiger partial charge in [0.25, 0.3) is 0 Å². The SMILES string of the molecule is CCCCCCOCCOCCCC(=O)OC. The smallest absolute Gasteiger partial charge is 0.305 e. The molecule has 4 nitrogen and oxygen atoms in total. The molecule has 0 aromatic rings. The van der Waals surface area contributed by atoms with E-state index in [4.69, 9.17) is 9.47 Å². The van der Waals surface area contributed by atoms with E-state index in [-0.39, 0.29) is 5.97 Å². The number of methoxy groups -OCH3 is 1. The molecule has 0 bridgehead atoms. The summed E-state index contributed by atoms with van der Waals surface area (Å²) in [5, 5.41) is 0. The maximum Gasteiger partial charge on any atom is 0.305 e. The predicted molar refractivity (Wildman–Crippen MR) is 67.0 cm³/mol. The fourth-order valence-corrected chi connectivity index (χ4v) is 1.37. The molecule has 0 saturated carbocycles. The molecule has 102 valence electrons. The van der Waals surface area contributed by atoms with Gasteiger partial charge >= 0.3 is 5.97 Å². The van der Waals surface area contributed by atoms with Gasteiger partial charge in [-0.3, -0.25) is 4.79 Å². The van der Waals surface area contributed by atoms with Gasteiger partial charge in [0.2, 0.25) is 0 Å². The van der Waals surface area contributed by atoms with E-state index in [1.54, 1.807) is 0 Å². The van der Waals surface area contributed by atoms with Crippen LogP contribution in [0.5, 0.6) is 0 Å². The first-order valence-corrected chi connectivity index (χ1v) is 6.53. The zero-order valence-corrected chi connectivity index (χ0v) is 11.2. The number of carbonyl (C=O) groups excluding carboxylic acids is 1. The van der Waals surface area contributed by atoms with E-state index < -0.39 is 0 Å². The number of hydrogen-bond donors (Lipinski definition) is 0. The standard InChI is InChI=1S/C13H26O4/c1-3-4-5-6-9-16-11-12-17-10-7-8-13(14)15-2/h3-12H2,1-2H3. The van der Waals surface area contributed by atoms with Gasteiger partial charge in [-0.2, -0.15) is 0 Å². The normalized spacial score (nSPS) is 10.5. The van der Waals surface area contributed by atoms with E-state index in [2.05, 4.69) is 11.7 Å². The maximum absolute atomic E-state index is 10.8. The lowest BCUT2D eigenvalue weighted by Gasteiger charge is -2.05. The van der Waals surface area contributed by atoms with Crippen LogP contribution in [0.15, 0.2) is 0 Å². The zero-order chi connectivity index (χ0) is 12.8. The quantitative estimate of drug-likeness (QED) is 0.392. The van der Waals surface area contributed by atoms with Gasteiger partial charge in [-0.15, -0.1) is 0 Å². The van der Waals surface area contributed by atoms with Crippen molar-refractivity contribution in [3.05, 3.63) is 0 Å². The summed E-state index contributed by atoms with van der Waals surface area (Å²) < 4.78 is 15.3. The molecule has 0 amide bonds. The molecule has 0 N–H and O–H groups in total. The summed E-state index contributed by atoms with van der Waals surface area (Å²) in [7, 11) is 1.40. The first-order valence-electron chi connectivity index (χ1n) is 6.53. The Kier molecular flexibility index (Phi) is 13.0. The van der Waals surface area contributed by atoms with Crippen LogP contribution in [0.1, 0.15) is 45.4 Å². The van der Waals surface area contributed by atoms with Crippen molar-refractivity contribution in [1.29, 1.82) is 0 Å². The molecule has 0 aliphatic carbocycles. The first kappa shape index (κ1) is 16.4. The molecule has 0 aliphatic rings. The molecule has 4 heteroatoms. The summed E-state index contributed by atoms with van der Waals surface area (Å²) in [5.41, 5.74) is 0. The van der Waals surface area contributed by atoms with Gasteiger partial charge < -0.3 is 14.2 Å². The summed E-state index contributed by atoms with van der Waals surface area (Å²) in [6.45, 7) is 4.86. The lowest BCUT2D eigenvalue weighted by Crippen LogP contribution is -2.08. The van der Waals surface area contributed by atoms with Crippen molar-refractivity contribution >= 4 is 5.97 Å². The van der Waals surface area contributed by atoms with Crippen molar-refractivity contribution in [2.75, 3.05) is 33.5 Å². The van der Waals surface area contributed by atoms with Gasteiger partial charge in [-0.1, -0.05) is 26.2 Å². The molecule has 0 aliphatic heterocycles. The lowest BCUT2D eigenvalue weighted by atomic mass is 10.2. The average Bonchev–Trinajstić information content (AvgIpc) is 2.35. The monoisotopic (exact) mass is 246 g/mol. The van der Waals surface area contributed by atoms with Gasteiger partial charge in [-0.05, 0) is 12.8 Å². The van der Waals surface area contributed by atoms with E-state index in [0.29, 0.717) is 32.7 Å². The largest absolute Gasteiger partial charge is 0.469 e. The minimum absolute atomic E-state index is 0.180. The molecule has 0 fully saturated rings. The molecular formula is C13H26O4. The average molecular weight is 246 g/mol. The Labute approximate surface area is 105 Å². The highest BCUT2D eigenvalue weighted by Gasteiger charge is 1.98. The second-order valence-corrected chi connectivity index (χ2v) is 3.97. The van der Waals surface area contributed by atoms with Crippen LogP contribution in [0.4, 0.5) is 0 Å². The molecule has 0 spiro atoms. The fraction of sp³-hybridized carbons (Fsp3) is 0.923. The Balaban J connectivity index is 2.96. The van der Waals surface area contributed by atoms with Gasteiger partial charge in [-0.25, -0.2) is 0 Å². The molecule has 0 heterocycles. The summed E-state index contributed by atoms with van der Waals surface area (Å²) in [5.74, 6) is -0.180. The Morgan fingerprint density at radius 3 is 2.12 bits per heavy atom. The van der Waals surface area contributed by atoms with E-state index in [1.807, 2.05) is 0 Å². The van der Waals surface area contributed by atoms with Gasteiger partial charge in [0.1, 0.15) is 0 Å². The third-order valence-corrected chi connectivity index (χ3v) is 2.41. The summed E-state index contributed by atoms with van der Waals surface area (Å²) >= 11 is 0. The van der Waals surface area contributed by atoms with Crippen LogP contribution in [0.25, 0.3) is 0 Å². The highest BCUT2D eigenvalue weighted by atomic mass is 16.5. The zero-order valence-electron chi connectivity index (χ0n) is 11.2. The predicted octanol–water partition coefficient (Wildman–Crippen LogP) is 2.55. The number of hydrogen-bond acceptors (Lipinski definition) is 4. The van der Waals surface area contributed by atoms with Gasteiger partial charge in [0, 0.05) is 19.6 Å². The second kappa shape index (κ2) is 13.5. The van der Waals surface area contributed by atoms with E-state index >= 15 is 0 Å². The molecule has 0 atom stereocenters. The third kappa shape index (κ3) is 13.3. The number of rotatable bonds is 12. The number of ether oxygens (including phenoxy) is 3. The van der Waals surface area contributed by atoms with Crippen LogP contribution in [0, 0.1) is 0 Å². The van der Waals surface area contributed by atoms with Crippen LogP contribution >= 0.6 is 0 Å². The third-order valence-electron chi connectivity index (χ3n) is 2.41. The summed E-state index contributed by atoms with van der Waals surface area (Å²) in [6.07, 6.45) is 6.06. The molecule has 0 radical (unpaired) electrons. The molecule has 0 rings (SSSR count). The Morgan fingerprint density at radius 2 is 1.53 bits per heavy atom. The van der Waals surface area contributed by atoms with Crippen molar-refractivity contribution in [1.82, 2.24) is 0 Å². The highest BCUT2D eigenvalue weighted by Crippen LogP contribution is 1.98. The van der Waals surface area contributed by atoms with E-state index in [9.17, 15) is 4.79 Å². The first-order chi connectivity index (χ1) is 8.31. The molecule has 0 aromatic heterocycles. The van der Waals surface area contributed by atoms with Crippen LogP contribution in [-0.2, 0) is 19.0 Å². The lowest BCUT2D eigenvalue weighted by molar-refractivity contribution is -0.141. The van der Waals surface area contributed by atoms with Crippen molar-refractivity contribution in [3.63, 3.8) is 0 Å². The van der Waals surface area contributed by atoms with Crippen molar-refractivity contribution in [2.45, 2.75) is 45.4 Å². The fourth-order valence-electron chi connectivity index (χ4n) is 1.37. The van der Waals surface area contributed by atoms with Crippen molar-refractivity contribution < 1.29 is 19.0 Å². The van der Waals surface area contributed by atoms with E-state index in [1.165, 1.54) is 26.4 Å². The molecule has 0 aromatic carbocycles. The summed E-state index contributed by atoms with van der Waals surface area (Å²) in [4.78, 5) is 10.8. The maximum atomic E-state index is 10.8. The van der Waals surface area contributed by atoms with Gasteiger partial charge in [0.05, 0.1) is 20.3 Å². The topological polar surface area (TPSA) is 44.8 Å². The highest BCUT2D eigenvalue weighted by molar-refractivity contribution is 5.68. The Hall–Kier alpha value is -0.610. The molecule has 0 unspecified atom stereocenters. The van der Waals surface area contributed by atoms with Crippen molar-refractivity contribution in [3.8, 4) is 0 Å². The molecule has 0 saturated heterocycles. The van der Waals surface area contributed by atoms with Crippen LogP contribution in [-0.4, -0.2) is 39.5 Å². The summed E-state index contributed by atoms with van der Waals surface area (Å²) in [6, 6.07) is 0. The van der Waals surface area contributed by atoms with Crippen LogP contribution < -0.4 is 0 Å². The minimum Gasteiger partial charge on any atom is -0.469 e. The minimum atomic E-state index is -0.180. The number of carbonyl (C=O) groups is 1. The second-order valence-electron chi connectivity index (χ2n) is 3.97. The number of unbranched alkanes of at least 4 members (excludes halogenated alkanes) is 3. The Morgan fingerprint density at radius 1 is 0.882 bits per heavy atom. The Bertz CT molecular complexity index is 171. The van der Waals surface area contributed by atoms with Gasteiger partial charge in [0.15, 0.2) is 0 Å². The van der Waals surface area contributed by atoms with E-state index in [0.717, 1.165) is 13.0 Å². The van der Waals surface area contributed by atoms with Crippen molar-refractivity contribution in [2.24, 2.45) is 0 Å². The molecular weight excluding hydrogens is 220 g/mol. The molecule has 17 heavy (non-hydrogen) atoms. The van der Waals surface area contributed by atoms with Crippen LogP contribution in [0.3, 0.4) is 0 Å². The van der Waals surface area contributed by atoms with Crippen LogP contribution in [0.2, 0.25) is 0 Å². The number of esters is 1.